The minimum Gasteiger partial charge on any atom is -0.460 e. The molecule has 0 aliphatic carbocycles. The molecule has 0 saturated carbocycles. The maximum absolute atomic E-state index is 12.7. The summed E-state index contributed by atoms with van der Waals surface area (Å²) in [6.45, 7) is 20.7. The Morgan fingerprint density at radius 2 is 1.23 bits per heavy atom. The van der Waals surface area contributed by atoms with E-state index in [0.717, 1.165) is 24.8 Å². The second-order valence-corrected chi connectivity index (χ2v) is 13.1. The van der Waals surface area contributed by atoms with Gasteiger partial charge in [0.1, 0.15) is 18.2 Å². The van der Waals surface area contributed by atoms with Gasteiger partial charge in [0.2, 0.25) is 0 Å². The van der Waals surface area contributed by atoms with Crippen molar-refractivity contribution >= 4 is 12.1 Å². The van der Waals surface area contributed by atoms with Crippen LogP contribution in [0.2, 0.25) is 0 Å². The topological polar surface area (TPSA) is 55.8 Å². The van der Waals surface area contributed by atoms with E-state index < -0.39 is 17.7 Å². The normalized spacial score (nSPS) is 18.3. The molecule has 0 N–H and O–H groups in total. The molecule has 256 valence electrons. The van der Waals surface area contributed by atoms with E-state index in [9.17, 15) is 9.59 Å². The van der Waals surface area contributed by atoms with E-state index in [-0.39, 0.29) is 12.6 Å². The van der Waals surface area contributed by atoms with Crippen molar-refractivity contribution in [2.75, 3.05) is 13.2 Å². The number of hydrogen-bond acceptors (Lipinski definition) is 4. The first-order valence-electron chi connectivity index (χ1n) is 16.7. The van der Waals surface area contributed by atoms with Crippen LogP contribution in [0.25, 0.3) is 0 Å². The van der Waals surface area contributed by atoms with Crippen LogP contribution in [0.3, 0.4) is 0 Å². The van der Waals surface area contributed by atoms with Gasteiger partial charge in [-0.1, -0.05) is 125 Å². The molecule has 1 saturated heterocycles. The summed E-state index contributed by atoms with van der Waals surface area (Å²) in [5.74, 6) is -0.366. The first-order chi connectivity index (χ1) is 22.2. The molecule has 0 radical (unpaired) electrons. The lowest BCUT2D eigenvalue weighted by Crippen LogP contribution is -2.44. The number of allylic oxidation sites excluding steroid dienone is 21. The number of rotatable bonds is 15. The minimum absolute atomic E-state index is 0.228. The summed E-state index contributed by atoms with van der Waals surface area (Å²) in [7, 11) is 0. The molecule has 1 aliphatic rings. The molecule has 47 heavy (non-hydrogen) atoms. The highest BCUT2D eigenvalue weighted by atomic mass is 16.6. The predicted octanol–water partition coefficient (Wildman–Crippen LogP) is 11.2. The molecule has 1 rings (SSSR count). The summed E-state index contributed by atoms with van der Waals surface area (Å²) in [5, 5.41) is 0. The largest absolute Gasteiger partial charge is 0.460 e. The number of carbonyl (C=O) groups excluding carboxylic acids is 2. The molecule has 0 aromatic carbocycles. The lowest BCUT2D eigenvalue weighted by molar-refractivity contribution is -0.147. The van der Waals surface area contributed by atoms with Crippen molar-refractivity contribution in [2.24, 2.45) is 0 Å². The summed E-state index contributed by atoms with van der Waals surface area (Å²) in [6.07, 6.45) is 36.1. The van der Waals surface area contributed by atoms with E-state index in [0.29, 0.717) is 13.0 Å². The zero-order valence-electron chi connectivity index (χ0n) is 30.6. The Balaban J connectivity index is 2.48. The molecule has 1 fully saturated rings. The van der Waals surface area contributed by atoms with Crippen molar-refractivity contribution < 1.29 is 19.1 Å². The van der Waals surface area contributed by atoms with Gasteiger partial charge in [-0.3, -0.25) is 4.90 Å². The van der Waals surface area contributed by atoms with E-state index in [1.807, 2.05) is 40.7 Å². The van der Waals surface area contributed by atoms with Crippen molar-refractivity contribution in [3.8, 4) is 0 Å². The molecule has 1 atom stereocenters. The number of hydrogen-bond donors (Lipinski definition) is 0. The van der Waals surface area contributed by atoms with E-state index in [1.54, 1.807) is 0 Å². The van der Waals surface area contributed by atoms with Crippen molar-refractivity contribution in [1.82, 2.24) is 4.90 Å². The number of carbonyl (C=O) groups is 2. The molecule has 0 bridgehead atoms. The SMILES string of the molecule is C/C=C/C(C)=C/C=C/C(C)=C/C=C/C=C(C)/C=C/C=C(C)/C=C/C=C(\C)CC/C=C(\C)COC(=O)C1CCCN1C(=O)OC(C)(C)C. The average Bonchev–Trinajstić information content (AvgIpc) is 3.48. The van der Waals surface area contributed by atoms with Gasteiger partial charge in [0.05, 0.1) is 0 Å². The second-order valence-electron chi connectivity index (χ2n) is 13.1. The molecular formula is C42H59NO4. The molecule has 5 heteroatoms. The first kappa shape index (κ1) is 40.9. The quantitative estimate of drug-likeness (QED) is 0.101. The second kappa shape index (κ2) is 22.4. The number of esters is 1. The molecule has 1 unspecified atom stereocenters. The van der Waals surface area contributed by atoms with Gasteiger partial charge in [-0.15, -0.1) is 0 Å². The van der Waals surface area contributed by atoms with Crippen LogP contribution in [0.5, 0.6) is 0 Å². The number of amides is 1. The van der Waals surface area contributed by atoms with E-state index in [1.165, 1.54) is 32.8 Å². The third kappa shape index (κ3) is 19.9. The molecule has 0 spiro atoms. The molecular weight excluding hydrogens is 582 g/mol. The smallest absolute Gasteiger partial charge is 0.411 e. The van der Waals surface area contributed by atoms with Gasteiger partial charge in [-0.25, -0.2) is 9.59 Å². The Kier molecular flexibility index (Phi) is 19.5. The highest BCUT2D eigenvalue weighted by Crippen LogP contribution is 2.22. The molecule has 0 aromatic heterocycles. The van der Waals surface area contributed by atoms with Crippen LogP contribution >= 0.6 is 0 Å². The third-order valence-electron chi connectivity index (χ3n) is 7.06. The first-order valence-corrected chi connectivity index (χ1v) is 16.7. The summed E-state index contributed by atoms with van der Waals surface area (Å²) < 4.78 is 11.0. The van der Waals surface area contributed by atoms with Gasteiger partial charge in [-0.05, 0) is 100 Å². The maximum Gasteiger partial charge on any atom is 0.411 e. The van der Waals surface area contributed by atoms with Crippen molar-refractivity contribution in [2.45, 2.75) is 107 Å². The summed E-state index contributed by atoms with van der Waals surface area (Å²) >= 11 is 0. The van der Waals surface area contributed by atoms with Gasteiger partial charge in [0, 0.05) is 6.54 Å². The van der Waals surface area contributed by atoms with Crippen LogP contribution in [0.15, 0.2) is 131 Å². The Labute approximate surface area is 285 Å². The number of likely N-dealkylation sites (tertiary alicyclic amines) is 1. The van der Waals surface area contributed by atoms with Crippen LogP contribution in [-0.4, -0.2) is 41.8 Å². The van der Waals surface area contributed by atoms with E-state index in [2.05, 4.69) is 126 Å². The van der Waals surface area contributed by atoms with E-state index in [4.69, 9.17) is 9.47 Å². The maximum atomic E-state index is 12.7. The standard InChI is InChI=1S/C42H59NO4/c1-11-19-33(2)22-14-23-34(3)20-12-13-21-35(4)24-15-25-36(5)26-16-27-37(6)28-17-29-38(7)32-46-40(44)39-30-18-31-43(39)41(45)47-42(8,9)10/h11-16,19-27,29,39H,17-18,28,30-32H2,1-10H3/b13-12+,19-11+,23-14+,24-15+,26-16+,33-22+,34-20+,35-21+,36-25+,37-27+,38-29+. The fourth-order valence-corrected chi connectivity index (χ4v) is 4.49. The highest BCUT2D eigenvalue weighted by molar-refractivity contribution is 5.82. The zero-order chi connectivity index (χ0) is 35.2. The zero-order valence-corrected chi connectivity index (χ0v) is 30.6. The Hall–Kier alpha value is -4.12. The van der Waals surface area contributed by atoms with Crippen LogP contribution in [-0.2, 0) is 14.3 Å². The number of ether oxygens (including phenoxy) is 2. The lowest BCUT2D eigenvalue weighted by Gasteiger charge is -2.27. The van der Waals surface area contributed by atoms with Crippen LogP contribution in [0, 0.1) is 0 Å². The average molecular weight is 642 g/mol. The van der Waals surface area contributed by atoms with Gasteiger partial charge < -0.3 is 9.47 Å². The van der Waals surface area contributed by atoms with Gasteiger partial charge in [-0.2, -0.15) is 0 Å². The Morgan fingerprint density at radius 3 is 1.77 bits per heavy atom. The Bertz CT molecular complexity index is 1360. The fourth-order valence-electron chi connectivity index (χ4n) is 4.49. The fraction of sp³-hybridized carbons (Fsp3) is 0.429. The summed E-state index contributed by atoms with van der Waals surface area (Å²) in [6, 6.07) is -0.573. The highest BCUT2D eigenvalue weighted by Gasteiger charge is 2.37. The van der Waals surface area contributed by atoms with Gasteiger partial charge >= 0.3 is 12.1 Å². The third-order valence-corrected chi connectivity index (χ3v) is 7.06. The lowest BCUT2D eigenvalue weighted by atomic mass is 10.1. The number of nitrogens with zero attached hydrogens (tertiary/aromatic N) is 1. The van der Waals surface area contributed by atoms with Crippen LogP contribution in [0.4, 0.5) is 4.79 Å². The summed E-state index contributed by atoms with van der Waals surface area (Å²) in [4.78, 5) is 26.6. The van der Waals surface area contributed by atoms with E-state index >= 15 is 0 Å². The minimum atomic E-state index is -0.600. The molecule has 1 aliphatic heterocycles. The van der Waals surface area contributed by atoms with Gasteiger partial charge in [0.25, 0.3) is 0 Å². The van der Waals surface area contributed by atoms with Crippen molar-refractivity contribution in [1.29, 1.82) is 0 Å². The molecule has 0 aromatic rings. The predicted molar refractivity (Wildman–Crippen MR) is 200 cm³/mol. The molecule has 1 amide bonds. The summed E-state index contributed by atoms with van der Waals surface area (Å²) in [5.41, 5.74) is 6.44. The van der Waals surface area contributed by atoms with Crippen LogP contribution in [0.1, 0.15) is 94.9 Å². The van der Waals surface area contributed by atoms with Crippen LogP contribution < -0.4 is 0 Å². The molecule has 1 heterocycles. The van der Waals surface area contributed by atoms with Gasteiger partial charge in [0.15, 0.2) is 0 Å². The Morgan fingerprint density at radius 1 is 0.723 bits per heavy atom. The monoisotopic (exact) mass is 641 g/mol. The van der Waals surface area contributed by atoms with Crippen molar-refractivity contribution in [3.05, 3.63) is 131 Å². The van der Waals surface area contributed by atoms with Crippen molar-refractivity contribution in [3.63, 3.8) is 0 Å². The molecule has 5 nitrogen and oxygen atoms in total.